The third-order valence-electron chi connectivity index (χ3n) is 2.31. The molecule has 0 nitrogen and oxygen atoms in total. The lowest BCUT2D eigenvalue weighted by Gasteiger charge is -2.08. The second-order valence-corrected chi connectivity index (χ2v) is 4.70. The summed E-state index contributed by atoms with van der Waals surface area (Å²) in [5.74, 6) is -0.182. The number of alkyl halides is 1. The molecule has 2 aromatic carbocycles. The molecule has 0 bridgehead atoms. The van der Waals surface area contributed by atoms with Gasteiger partial charge in [-0.15, -0.1) is 0 Å². The summed E-state index contributed by atoms with van der Waals surface area (Å²) in [6, 6.07) is 10.9. The molecule has 1 unspecified atom stereocenters. The first-order valence-corrected chi connectivity index (χ1v) is 5.42. The van der Waals surface area contributed by atoms with Crippen LogP contribution in [-0.2, 0) is 0 Å². The Bertz CT molecular complexity index is 463. The van der Waals surface area contributed by atoms with Crippen LogP contribution in [0.5, 0.6) is 0 Å². The average molecular weight is 253 g/mol. The van der Waals surface area contributed by atoms with Gasteiger partial charge in [0.05, 0.1) is 0 Å². The Balaban J connectivity index is 2.77. The summed E-state index contributed by atoms with van der Waals surface area (Å²) in [6.07, 6.45) is 0. The van der Waals surface area contributed by atoms with Crippen molar-refractivity contribution in [2.24, 2.45) is 0 Å². The van der Waals surface area contributed by atoms with E-state index in [0.717, 1.165) is 16.3 Å². The fourth-order valence-corrected chi connectivity index (χ4v) is 2.02. The van der Waals surface area contributed by atoms with E-state index in [-0.39, 0.29) is 10.6 Å². The van der Waals surface area contributed by atoms with Gasteiger partial charge in [-0.25, -0.2) is 4.39 Å². The third-order valence-corrected chi connectivity index (χ3v) is 2.80. The molecule has 1 atom stereocenters. The number of rotatable bonds is 1. The van der Waals surface area contributed by atoms with E-state index in [1.54, 1.807) is 6.07 Å². The highest BCUT2D eigenvalue weighted by Gasteiger charge is 2.06. The fraction of sp³-hybridized carbons (Fsp3) is 0.167. The van der Waals surface area contributed by atoms with Gasteiger partial charge in [-0.05, 0) is 35.4 Å². The van der Waals surface area contributed by atoms with E-state index in [0.29, 0.717) is 0 Å². The lowest BCUT2D eigenvalue weighted by Crippen LogP contribution is -1.87. The Kier molecular flexibility index (Phi) is 2.55. The molecule has 0 spiro atoms. The van der Waals surface area contributed by atoms with E-state index in [9.17, 15) is 4.39 Å². The van der Waals surface area contributed by atoms with Crippen LogP contribution in [0.2, 0.25) is 0 Å². The minimum atomic E-state index is -0.182. The highest BCUT2D eigenvalue weighted by molar-refractivity contribution is 9.09. The first-order chi connectivity index (χ1) is 6.68. The van der Waals surface area contributed by atoms with Gasteiger partial charge >= 0.3 is 0 Å². The van der Waals surface area contributed by atoms with Crippen LogP contribution in [-0.4, -0.2) is 0 Å². The highest BCUT2D eigenvalue weighted by Crippen LogP contribution is 2.29. The molecule has 2 rings (SSSR count). The van der Waals surface area contributed by atoms with Gasteiger partial charge < -0.3 is 0 Å². The van der Waals surface area contributed by atoms with E-state index in [1.807, 2.05) is 31.2 Å². The summed E-state index contributed by atoms with van der Waals surface area (Å²) >= 11 is 3.51. The maximum Gasteiger partial charge on any atom is 0.123 e. The van der Waals surface area contributed by atoms with E-state index in [2.05, 4.69) is 15.9 Å². The summed E-state index contributed by atoms with van der Waals surface area (Å²) in [4.78, 5) is 0.244. The van der Waals surface area contributed by atoms with Crippen molar-refractivity contribution in [1.82, 2.24) is 0 Å². The van der Waals surface area contributed by atoms with Crippen LogP contribution in [0.25, 0.3) is 10.8 Å². The molecule has 72 valence electrons. The zero-order valence-electron chi connectivity index (χ0n) is 7.80. The van der Waals surface area contributed by atoms with Crippen molar-refractivity contribution in [3.05, 3.63) is 47.8 Å². The van der Waals surface area contributed by atoms with Crippen molar-refractivity contribution in [2.75, 3.05) is 0 Å². The van der Waals surface area contributed by atoms with Gasteiger partial charge in [-0.1, -0.05) is 40.2 Å². The lowest BCUT2D eigenvalue weighted by molar-refractivity contribution is 0.629. The molecule has 0 amide bonds. The van der Waals surface area contributed by atoms with E-state index >= 15 is 0 Å². The van der Waals surface area contributed by atoms with Crippen molar-refractivity contribution in [2.45, 2.75) is 11.8 Å². The summed E-state index contributed by atoms with van der Waals surface area (Å²) in [6.45, 7) is 2.04. The van der Waals surface area contributed by atoms with E-state index in [1.165, 1.54) is 6.07 Å². The normalized spacial score (nSPS) is 13.1. The zero-order valence-corrected chi connectivity index (χ0v) is 9.38. The molecular formula is C12H10BrF. The summed E-state index contributed by atoms with van der Waals surface area (Å²) < 4.78 is 13.1. The van der Waals surface area contributed by atoms with Gasteiger partial charge in [0.2, 0.25) is 0 Å². The molecule has 14 heavy (non-hydrogen) atoms. The molecule has 0 fully saturated rings. The second-order valence-electron chi connectivity index (χ2n) is 3.33. The van der Waals surface area contributed by atoms with Crippen LogP contribution < -0.4 is 0 Å². The molecule has 0 aliphatic carbocycles. The predicted molar refractivity (Wildman–Crippen MR) is 61.2 cm³/mol. The van der Waals surface area contributed by atoms with Crippen molar-refractivity contribution >= 4 is 26.7 Å². The van der Waals surface area contributed by atoms with Crippen molar-refractivity contribution in [1.29, 1.82) is 0 Å². The Hall–Kier alpha value is -0.890. The molecule has 0 saturated heterocycles. The molecule has 2 heteroatoms. The molecule has 0 radical (unpaired) electrons. The molecule has 0 N–H and O–H groups in total. The van der Waals surface area contributed by atoms with Crippen molar-refractivity contribution in [3.63, 3.8) is 0 Å². The van der Waals surface area contributed by atoms with Gasteiger partial charge in [-0.3, -0.25) is 0 Å². The molecular weight excluding hydrogens is 243 g/mol. The number of hydrogen-bond donors (Lipinski definition) is 0. The predicted octanol–water partition coefficient (Wildman–Crippen LogP) is 4.43. The second kappa shape index (κ2) is 3.70. The SMILES string of the molecule is CC(Br)c1cccc2ccc(F)cc12. The maximum absolute atomic E-state index is 13.1. The van der Waals surface area contributed by atoms with Crippen LogP contribution >= 0.6 is 15.9 Å². The van der Waals surface area contributed by atoms with Gasteiger partial charge in [0.1, 0.15) is 5.82 Å². The lowest BCUT2D eigenvalue weighted by atomic mass is 10.0. The van der Waals surface area contributed by atoms with E-state index in [4.69, 9.17) is 0 Å². The Morgan fingerprint density at radius 2 is 2.00 bits per heavy atom. The van der Waals surface area contributed by atoms with Crippen LogP contribution in [0.3, 0.4) is 0 Å². The maximum atomic E-state index is 13.1. The minimum absolute atomic E-state index is 0.182. The van der Waals surface area contributed by atoms with Crippen LogP contribution in [0.1, 0.15) is 17.3 Å². The Morgan fingerprint density at radius 1 is 1.21 bits per heavy atom. The molecule has 2 aromatic rings. The number of halogens is 2. The first kappa shape index (κ1) is 9.66. The largest absolute Gasteiger partial charge is 0.207 e. The number of hydrogen-bond acceptors (Lipinski definition) is 0. The highest BCUT2D eigenvalue weighted by atomic mass is 79.9. The topological polar surface area (TPSA) is 0 Å². The minimum Gasteiger partial charge on any atom is -0.207 e. The fourth-order valence-electron chi connectivity index (χ4n) is 1.62. The summed E-state index contributed by atoms with van der Waals surface area (Å²) in [5.41, 5.74) is 1.13. The van der Waals surface area contributed by atoms with Crippen LogP contribution in [0.4, 0.5) is 4.39 Å². The number of fused-ring (bicyclic) bond motifs is 1. The van der Waals surface area contributed by atoms with Crippen LogP contribution in [0.15, 0.2) is 36.4 Å². The van der Waals surface area contributed by atoms with Crippen LogP contribution in [0, 0.1) is 5.82 Å². The quantitative estimate of drug-likeness (QED) is 0.659. The smallest absolute Gasteiger partial charge is 0.123 e. The summed E-state index contributed by atoms with van der Waals surface area (Å²) in [7, 11) is 0. The first-order valence-electron chi connectivity index (χ1n) is 4.51. The zero-order chi connectivity index (χ0) is 10.1. The van der Waals surface area contributed by atoms with Gasteiger partial charge in [0, 0.05) is 4.83 Å². The van der Waals surface area contributed by atoms with Crippen molar-refractivity contribution in [3.8, 4) is 0 Å². The monoisotopic (exact) mass is 252 g/mol. The van der Waals surface area contributed by atoms with Crippen molar-refractivity contribution < 1.29 is 4.39 Å². The molecule has 0 aliphatic rings. The third kappa shape index (κ3) is 1.67. The Morgan fingerprint density at radius 3 is 2.71 bits per heavy atom. The average Bonchev–Trinajstić information content (AvgIpc) is 2.16. The Labute approximate surface area is 90.9 Å². The van der Waals surface area contributed by atoms with Gasteiger partial charge in [0.25, 0.3) is 0 Å². The number of benzene rings is 2. The molecule has 0 saturated carbocycles. The van der Waals surface area contributed by atoms with E-state index < -0.39 is 0 Å². The molecule has 0 heterocycles. The summed E-state index contributed by atoms with van der Waals surface area (Å²) in [5, 5.41) is 2.06. The molecule has 0 aromatic heterocycles. The van der Waals surface area contributed by atoms with Gasteiger partial charge in [-0.2, -0.15) is 0 Å². The molecule has 0 aliphatic heterocycles. The standard InChI is InChI=1S/C12H10BrF/c1-8(13)11-4-2-3-9-5-6-10(14)7-12(9)11/h2-8H,1H3. The van der Waals surface area contributed by atoms with Gasteiger partial charge in [0.15, 0.2) is 0 Å².